The van der Waals surface area contributed by atoms with Gasteiger partial charge in [0.15, 0.2) is 6.10 Å². The topological polar surface area (TPSA) is 78.9 Å². The Morgan fingerprint density at radius 3 is 1.05 bits per heavy atom. The molecule has 1 atom stereocenters. The van der Waals surface area contributed by atoms with E-state index in [1.54, 1.807) is 0 Å². The fourth-order valence-electron chi connectivity index (χ4n) is 6.54. The second-order valence-electron chi connectivity index (χ2n) is 16.3. The second kappa shape index (κ2) is 50.0. The number of carbonyl (C=O) groups is 3. The molecule has 0 spiro atoms. The number of carbonyl (C=O) groups excluding carboxylic acids is 3. The average molecular weight is 861 g/mol. The molecule has 0 saturated heterocycles. The standard InChI is InChI=1S/C56H92O6/c1-4-7-10-13-16-18-20-22-23-24-25-26-27-28-29-30-31-32-33-35-36-38-40-43-46-49-55(58)61-52-53(51-60-54(57)48-45-42-15-12-9-6-3)62-56(59)50-47-44-41-39-37-34-21-19-17-14-11-8-5-2/h7,10-11,14,16,18-19,21-23,25-26,28-29,31-32,53H,4-6,8-9,12-13,15,17,20,24,27,30,33-52H2,1-3H3/b10-7-,14-11-,18-16-,21-19-,23-22-,26-25-,29-28-,32-31-. The van der Waals surface area contributed by atoms with Gasteiger partial charge in [0.25, 0.3) is 0 Å². The minimum atomic E-state index is -0.787. The second-order valence-corrected chi connectivity index (χ2v) is 16.3. The van der Waals surface area contributed by atoms with Crippen LogP contribution in [0.4, 0.5) is 0 Å². The van der Waals surface area contributed by atoms with Crippen molar-refractivity contribution in [3.8, 4) is 0 Å². The molecule has 0 aromatic carbocycles. The molecule has 0 aliphatic rings. The zero-order chi connectivity index (χ0) is 45.1. The Balaban J connectivity index is 4.23. The number of esters is 3. The average Bonchev–Trinajstić information content (AvgIpc) is 3.27. The maximum atomic E-state index is 12.7. The maximum Gasteiger partial charge on any atom is 0.306 e. The fourth-order valence-corrected chi connectivity index (χ4v) is 6.54. The van der Waals surface area contributed by atoms with Crippen molar-refractivity contribution in [3.63, 3.8) is 0 Å². The van der Waals surface area contributed by atoms with Gasteiger partial charge in [-0.1, -0.05) is 201 Å². The SMILES string of the molecule is CC/C=C\C/C=C\C/C=C\C/C=C\C/C=C\C/C=C\CCCCCCCCC(=O)OCC(COC(=O)CCCCCCCC)OC(=O)CCCCCCC/C=C\C/C=C\CCC. The van der Waals surface area contributed by atoms with Crippen LogP contribution in [0.3, 0.4) is 0 Å². The molecule has 0 bridgehead atoms. The molecule has 0 N–H and O–H groups in total. The van der Waals surface area contributed by atoms with Crippen LogP contribution in [-0.2, 0) is 28.6 Å². The van der Waals surface area contributed by atoms with E-state index < -0.39 is 6.10 Å². The molecule has 0 aromatic rings. The van der Waals surface area contributed by atoms with E-state index in [-0.39, 0.29) is 31.1 Å². The van der Waals surface area contributed by atoms with Crippen molar-refractivity contribution in [2.24, 2.45) is 0 Å². The highest BCUT2D eigenvalue weighted by molar-refractivity contribution is 5.71. The summed E-state index contributed by atoms with van der Waals surface area (Å²) >= 11 is 0. The lowest BCUT2D eigenvalue weighted by Gasteiger charge is -2.18. The van der Waals surface area contributed by atoms with Crippen molar-refractivity contribution in [2.45, 2.75) is 226 Å². The molecule has 0 fully saturated rings. The van der Waals surface area contributed by atoms with Gasteiger partial charge in [0.05, 0.1) is 0 Å². The monoisotopic (exact) mass is 861 g/mol. The molecular formula is C56H92O6. The number of unbranched alkanes of at least 4 members (excludes halogenated alkanes) is 17. The van der Waals surface area contributed by atoms with Gasteiger partial charge >= 0.3 is 17.9 Å². The first-order valence-corrected chi connectivity index (χ1v) is 25.2. The van der Waals surface area contributed by atoms with Crippen LogP contribution in [0.2, 0.25) is 0 Å². The Bertz CT molecular complexity index is 1260. The van der Waals surface area contributed by atoms with E-state index in [2.05, 4.69) is 118 Å². The van der Waals surface area contributed by atoms with E-state index in [9.17, 15) is 14.4 Å². The van der Waals surface area contributed by atoms with E-state index in [1.165, 1.54) is 38.5 Å². The largest absolute Gasteiger partial charge is 0.462 e. The number of allylic oxidation sites excluding steroid dienone is 16. The van der Waals surface area contributed by atoms with Crippen LogP contribution >= 0.6 is 0 Å². The lowest BCUT2D eigenvalue weighted by Crippen LogP contribution is -2.30. The lowest BCUT2D eigenvalue weighted by atomic mass is 10.1. The predicted molar refractivity (Wildman–Crippen MR) is 265 cm³/mol. The van der Waals surface area contributed by atoms with Crippen LogP contribution in [-0.4, -0.2) is 37.2 Å². The Morgan fingerprint density at radius 1 is 0.339 bits per heavy atom. The van der Waals surface area contributed by atoms with E-state index in [1.807, 2.05) is 0 Å². The summed E-state index contributed by atoms with van der Waals surface area (Å²) in [7, 11) is 0. The molecule has 0 saturated carbocycles. The highest BCUT2D eigenvalue weighted by Gasteiger charge is 2.19. The minimum Gasteiger partial charge on any atom is -0.462 e. The maximum absolute atomic E-state index is 12.7. The lowest BCUT2D eigenvalue weighted by molar-refractivity contribution is -0.167. The molecule has 0 radical (unpaired) electrons. The Hall–Kier alpha value is -3.67. The molecule has 352 valence electrons. The van der Waals surface area contributed by atoms with Gasteiger partial charge < -0.3 is 14.2 Å². The molecule has 6 heteroatoms. The van der Waals surface area contributed by atoms with E-state index >= 15 is 0 Å². The third-order valence-electron chi connectivity index (χ3n) is 10.3. The van der Waals surface area contributed by atoms with Crippen molar-refractivity contribution < 1.29 is 28.6 Å². The first-order chi connectivity index (χ1) is 30.5. The molecule has 0 aliphatic heterocycles. The van der Waals surface area contributed by atoms with E-state index in [0.29, 0.717) is 19.3 Å². The van der Waals surface area contributed by atoms with Crippen LogP contribution in [0, 0.1) is 0 Å². The summed E-state index contributed by atoms with van der Waals surface area (Å²) in [6.45, 7) is 6.36. The summed E-state index contributed by atoms with van der Waals surface area (Å²) in [6, 6.07) is 0. The zero-order valence-corrected chi connectivity index (χ0v) is 40.1. The minimum absolute atomic E-state index is 0.0891. The number of hydrogen-bond donors (Lipinski definition) is 0. The van der Waals surface area contributed by atoms with Crippen molar-refractivity contribution in [1.29, 1.82) is 0 Å². The van der Waals surface area contributed by atoms with Gasteiger partial charge in [-0.3, -0.25) is 14.4 Å². The Kier molecular flexibility index (Phi) is 47.0. The van der Waals surface area contributed by atoms with Crippen LogP contribution in [0.5, 0.6) is 0 Å². The summed E-state index contributed by atoms with van der Waals surface area (Å²) in [5, 5.41) is 0. The number of rotatable bonds is 44. The van der Waals surface area contributed by atoms with Gasteiger partial charge in [-0.2, -0.15) is 0 Å². The van der Waals surface area contributed by atoms with Gasteiger partial charge in [-0.25, -0.2) is 0 Å². The number of hydrogen-bond acceptors (Lipinski definition) is 6. The van der Waals surface area contributed by atoms with Crippen molar-refractivity contribution in [3.05, 3.63) is 97.2 Å². The highest BCUT2D eigenvalue weighted by Crippen LogP contribution is 2.13. The molecule has 62 heavy (non-hydrogen) atoms. The third-order valence-corrected chi connectivity index (χ3v) is 10.3. The first-order valence-electron chi connectivity index (χ1n) is 25.2. The van der Waals surface area contributed by atoms with Crippen LogP contribution in [0.15, 0.2) is 97.2 Å². The molecular weight excluding hydrogens is 769 g/mol. The summed E-state index contributed by atoms with van der Waals surface area (Å²) in [5.41, 5.74) is 0. The molecule has 0 aromatic heterocycles. The number of ether oxygens (including phenoxy) is 3. The summed E-state index contributed by atoms with van der Waals surface area (Å²) in [6.07, 6.45) is 65.6. The summed E-state index contributed by atoms with van der Waals surface area (Å²) in [4.78, 5) is 37.7. The Labute approximate surface area is 381 Å². The quantitative estimate of drug-likeness (QED) is 0.0263. The summed E-state index contributed by atoms with van der Waals surface area (Å²) in [5.74, 6) is -0.934. The predicted octanol–water partition coefficient (Wildman–Crippen LogP) is 16.6. The first kappa shape index (κ1) is 58.3. The van der Waals surface area contributed by atoms with E-state index in [4.69, 9.17) is 14.2 Å². The zero-order valence-electron chi connectivity index (χ0n) is 40.1. The van der Waals surface area contributed by atoms with Gasteiger partial charge in [0, 0.05) is 19.3 Å². The van der Waals surface area contributed by atoms with E-state index in [0.717, 1.165) is 141 Å². The summed E-state index contributed by atoms with van der Waals surface area (Å²) < 4.78 is 16.7. The smallest absolute Gasteiger partial charge is 0.306 e. The van der Waals surface area contributed by atoms with Crippen molar-refractivity contribution >= 4 is 17.9 Å². The van der Waals surface area contributed by atoms with Crippen LogP contribution in [0.25, 0.3) is 0 Å². The van der Waals surface area contributed by atoms with Gasteiger partial charge in [0.1, 0.15) is 13.2 Å². The molecule has 0 amide bonds. The molecule has 0 aliphatic carbocycles. The Morgan fingerprint density at radius 2 is 0.661 bits per heavy atom. The fraction of sp³-hybridized carbons (Fsp3) is 0.661. The van der Waals surface area contributed by atoms with Gasteiger partial charge in [-0.15, -0.1) is 0 Å². The molecule has 0 heterocycles. The van der Waals surface area contributed by atoms with Crippen molar-refractivity contribution in [2.75, 3.05) is 13.2 Å². The van der Waals surface area contributed by atoms with Gasteiger partial charge in [0.2, 0.25) is 0 Å². The molecule has 6 nitrogen and oxygen atoms in total. The highest BCUT2D eigenvalue weighted by atomic mass is 16.6. The molecule has 0 rings (SSSR count). The molecule has 1 unspecified atom stereocenters. The third kappa shape index (κ3) is 47.4. The van der Waals surface area contributed by atoms with Gasteiger partial charge in [-0.05, 0) is 96.3 Å². The van der Waals surface area contributed by atoms with Crippen molar-refractivity contribution in [1.82, 2.24) is 0 Å². The van der Waals surface area contributed by atoms with Crippen LogP contribution in [0.1, 0.15) is 220 Å². The van der Waals surface area contributed by atoms with Crippen LogP contribution < -0.4 is 0 Å². The normalized spacial score (nSPS) is 12.9.